The van der Waals surface area contributed by atoms with Gasteiger partial charge in [-0.3, -0.25) is 9.00 Å². The molecule has 6 heteroatoms. The minimum absolute atomic E-state index is 0.122. The first kappa shape index (κ1) is 14.7. The molecule has 1 heterocycles. The third-order valence-corrected chi connectivity index (χ3v) is 3.65. The summed E-state index contributed by atoms with van der Waals surface area (Å²) in [6, 6.07) is 3.97. The van der Waals surface area contributed by atoms with E-state index in [-0.39, 0.29) is 18.3 Å². The van der Waals surface area contributed by atoms with E-state index in [1.807, 2.05) is 0 Å². The maximum Gasteiger partial charge on any atom is 0.313 e. The van der Waals surface area contributed by atoms with Crippen LogP contribution in [0.3, 0.4) is 0 Å². The molecule has 1 aromatic heterocycles. The molecular formula is C14H15FO4S. The van der Waals surface area contributed by atoms with Gasteiger partial charge in [-0.2, -0.15) is 0 Å². The highest BCUT2D eigenvalue weighted by molar-refractivity contribution is 7.84. The van der Waals surface area contributed by atoms with Crippen molar-refractivity contribution in [1.82, 2.24) is 0 Å². The highest BCUT2D eigenvalue weighted by Gasteiger charge is 2.21. The van der Waals surface area contributed by atoms with E-state index in [0.717, 1.165) is 0 Å². The second-order valence-electron chi connectivity index (χ2n) is 4.66. The fourth-order valence-corrected chi connectivity index (χ4v) is 2.87. The van der Waals surface area contributed by atoms with Gasteiger partial charge in [-0.15, -0.1) is 0 Å². The van der Waals surface area contributed by atoms with Gasteiger partial charge < -0.3 is 9.15 Å². The summed E-state index contributed by atoms with van der Waals surface area (Å²) >= 11 is 0. The zero-order valence-corrected chi connectivity index (χ0v) is 12.3. The van der Waals surface area contributed by atoms with Crippen LogP contribution in [0.15, 0.2) is 27.5 Å². The van der Waals surface area contributed by atoms with Crippen LogP contribution in [0.1, 0.15) is 19.6 Å². The molecule has 0 saturated carbocycles. The zero-order chi connectivity index (χ0) is 14.9. The van der Waals surface area contributed by atoms with E-state index in [4.69, 9.17) is 9.15 Å². The molecule has 0 aliphatic heterocycles. The normalized spacial score (nSPS) is 12.8. The number of hydrogen-bond acceptors (Lipinski definition) is 4. The molecular weight excluding hydrogens is 283 g/mol. The Morgan fingerprint density at radius 1 is 1.45 bits per heavy atom. The highest BCUT2D eigenvalue weighted by Crippen LogP contribution is 2.29. The number of halogens is 1. The number of fused-ring (bicyclic) bond motifs is 1. The molecule has 0 N–H and O–H groups in total. The molecule has 0 saturated heterocycles. The van der Waals surface area contributed by atoms with Gasteiger partial charge in [-0.05, 0) is 32.0 Å². The van der Waals surface area contributed by atoms with E-state index in [1.165, 1.54) is 24.5 Å². The van der Waals surface area contributed by atoms with Gasteiger partial charge in [0, 0.05) is 11.6 Å². The van der Waals surface area contributed by atoms with Gasteiger partial charge in [-0.25, -0.2) is 4.39 Å². The molecule has 0 amide bonds. The van der Waals surface area contributed by atoms with Gasteiger partial charge in [-0.1, -0.05) is 0 Å². The van der Waals surface area contributed by atoms with E-state index in [9.17, 15) is 13.4 Å². The number of carbonyl (C=O) groups excluding carboxylic acids is 1. The fraction of sp³-hybridized carbons (Fsp3) is 0.357. The lowest BCUT2D eigenvalue weighted by atomic mass is 10.2. The van der Waals surface area contributed by atoms with Gasteiger partial charge in [0.05, 0.1) is 21.8 Å². The Morgan fingerprint density at radius 2 is 2.15 bits per heavy atom. The summed E-state index contributed by atoms with van der Waals surface area (Å²) in [5.74, 6) is -0.649. The zero-order valence-electron chi connectivity index (χ0n) is 11.4. The summed E-state index contributed by atoms with van der Waals surface area (Å²) in [4.78, 5) is 12.0. The van der Waals surface area contributed by atoms with E-state index in [2.05, 4.69) is 0 Å². The number of esters is 1. The number of benzene rings is 1. The maximum absolute atomic E-state index is 13.3. The minimum Gasteiger partial charge on any atom is -0.463 e. The van der Waals surface area contributed by atoms with Crippen molar-refractivity contribution in [3.05, 3.63) is 29.8 Å². The van der Waals surface area contributed by atoms with Crippen molar-refractivity contribution in [2.75, 3.05) is 6.26 Å². The first-order chi connectivity index (χ1) is 9.38. The van der Waals surface area contributed by atoms with Crippen LogP contribution in [-0.2, 0) is 26.8 Å². The lowest BCUT2D eigenvalue weighted by Crippen LogP contribution is -2.14. The Kier molecular flexibility index (Phi) is 4.23. The van der Waals surface area contributed by atoms with Gasteiger partial charge in [0.15, 0.2) is 0 Å². The SMILES string of the molecule is CC(C)OC(=O)Cc1oc2ccc(F)cc2c1[S@@](C)=O. The molecule has 0 spiro atoms. The Hall–Kier alpha value is -1.69. The summed E-state index contributed by atoms with van der Waals surface area (Å²) in [5, 5.41) is 0.429. The molecule has 20 heavy (non-hydrogen) atoms. The summed E-state index contributed by atoms with van der Waals surface area (Å²) < 4.78 is 35.7. The van der Waals surface area contributed by atoms with E-state index in [0.29, 0.717) is 15.9 Å². The number of carbonyl (C=O) groups is 1. The van der Waals surface area contributed by atoms with Crippen molar-refractivity contribution in [1.29, 1.82) is 0 Å². The Labute approximate surface area is 118 Å². The quantitative estimate of drug-likeness (QED) is 0.814. The van der Waals surface area contributed by atoms with Crippen LogP contribution in [0.4, 0.5) is 4.39 Å². The topological polar surface area (TPSA) is 56.5 Å². The Bertz CT molecular complexity index is 675. The van der Waals surface area contributed by atoms with Gasteiger partial charge in [0.1, 0.15) is 23.6 Å². The third kappa shape index (κ3) is 3.07. The second-order valence-corrected chi connectivity index (χ2v) is 5.98. The van der Waals surface area contributed by atoms with Crippen LogP contribution in [0.2, 0.25) is 0 Å². The van der Waals surface area contributed by atoms with Crippen molar-refractivity contribution >= 4 is 27.7 Å². The monoisotopic (exact) mass is 298 g/mol. The van der Waals surface area contributed by atoms with E-state index < -0.39 is 22.6 Å². The van der Waals surface area contributed by atoms with Crippen molar-refractivity contribution < 1.29 is 22.5 Å². The number of rotatable bonds is 4. The molecule has 0 bridgehead atoms. The number of ether oxygens (including phenoxy) is 1. The summed E-state index contributed by atoms with van der Waals surface area (Å²) in [6.45, 7) is 3.48. The maximum atomic E-state index is 13.3. The molecule has 0 radical (unpaired) electrons. The molecule has 2 rings (SSSR count). The van der Waals surface area contributed by atoms with E-state index >= 15 is 0 Å². The third-order valence-electron chi connectivity index (χ3n) is 2.63. The Balaban J connectivity index is 2.45. The van der Waals surface area contributed by atoms with Gasteiger partial charge in [0.2, 0.25) is 0 Å². The number of furan rings is 1. The van der Waals surface area contributed by atoms with Crippen molar-refractivity contribution in [3.8, 4) is 0 Å². The van der Waals surface area contributed by atoms with Crippen LogP contribution in [0.25, 0.3) is 11.0 Å². The number of hydrogen-bond donors (Lipinski definition) is 0. The molecule has 0 aliphatic carbocycles. The average molecular weight is 298 g/mol. The Morgan fingerprint density at radius 3 is 2.75 bits per heavy atom. The predicted octanol–water partition coefficient (Wildman–Crippen LogP) is 2.80. The average Bonchev–Trinajstić information content (AvgIpc) is 2.64. The summed E-state index contributed by atoms with van der Waals surface area (Å²) in [6.07, 6.45) is 1.11. The van der Waals surface area contributed by atoms with Crippen LogP contribution in [-0.4, -0.2) is 22.5 Å². The lowest BCUT2D eigenvalue weighted by molar-refractivity contribution is -0.146. The predicted molar refractivity (Wildman–Crippen MR) is 73.4 cm³/mol. The van der Waals surface area contributed by atoms with Crippen LogP contribution in [0, 0.1) is 5.82 Å². The van der Waals surface area contributed by atoms with Crippen molar-refractivity contribution in [3.63, 3.8) is 0 Å². The largest absolute Gasteiger partial charge is 0.463 e. The molecule has 4 nitrogen and oxygen atoms in total. The second kappa shape index (κ2) is 5.75. The van der Waals surface area contributed by atoms with Crippen LogP contribution < -0.4 is 0 Å². The van der Waals surface area contributed by atoms with Gasteiger partial charge >= 0.3 is 5.97 Å². The molecule has 0 fully saturated rings. The smallest absolute Gasteiger partial charge is 0.313 e. The van der Waals surface area contributed by atoms with Crippen LogP contribution in [0.5, 0.6) is 0 Å². The highest BCUT2D eigenvalue weighted by atomic mass is 32.2. The minimum atomic E-state index is -1.39. The lowest BCUT2D eigenvalue weighted by Gasteiger charge is -2.06. The summed E-state index contributed by atoms with van der Waals surface area (Å²) in [7, 11) is -1.39. The molecule has 1 aromatic carbocycles. The molecule has 0 unspecified atom stereocenters. The molecule has 108 valence electrons. The van der Waals surface area contributed by atoms with E-state index in [1.54, 1.807) is 13.8 Å². The molecule has 1 atom stereocenters. The fourth-order valence-electron chi connectivity index (χ4n) is 1.97. The first-order valence-electron chi connectivity index (χ1n) is 6.12. The van der Waals surface area contributed by atoms with Gasteiger partial charge in [0.25, 0.3) is 0 Å². The standard InChI is InChI=1S/C14H15FO4S/c1-8(2)18-13(16)7-12-14(20(3)17)10-6-9(15)4-5-11(10)19-12/h4-6,8H,7H2,1-3H3/t20-/m1/s1. The van der Waals surface area contributed by atoms with Crippen LogP contribution >= 0.6 is 0 Å². The summed E-state index contributed by atoms with van der Waals surface area (Å²) in [5.41, 5.74) is 0.406. The first-order valence-corrected chi connectivity index (χ1v) is 7.68. The molecule has 2 aromatic rings. The molecule has 0 aliphatic rings. The van der Waals surface area contributed by atoms with Crippen molar-refractivity contribution in [2.45, 2.75) is 31.3 Å². The van der Waals surface area contributed by atoms with Crippen molar-refractivity contribution in [2.24, 2.45) is 0 Å².